The van der Waals surface area contributed by atoms with E-state index in [1.54, 1.807) is 0 Å². The Morgan fingerprint density at radius 2 is 1.45 bits per heavy atom. The second kappa shape index (κ2) is 18.0. The summed E-state index contributed by atoms with van der Waals surface area (Å²) in [5.41, 5.74) is 1.12. The minimum Gasteiger partial charge on any atom is -0.394 e. The predicted molar refractivity (Wildman–Crippen MR) is 176 cm³/mol. The van der Waals surface area contributed by atoms with E-state index < -0.39 is 12.4 Å². The molecule has 0 aromatic heterocycles. The van der Waals surface area contributed by atoms with Crippen molar-refractivity contribution in [1.82, 2.24) is 5.32 Å². The van der Waals surface area contributed by atoms with Crippen molar-refractivity contribution in [3.8, 4) is 0 Å². The van der Waals surface area contributed by atoms with Gasteiger partial charge in [0.1, 0.15) is 6.10 Å². The lowest BCUT2D eigenvalue weighted by Gasteiger charge is -2.48. The molecule has 2 N–H and O–H groups in total. The lowest BCUT2D eigenvalue weighted by atomic mass is 9.70. The number of aliphatic hydroxyl groups excluding tert-OH is 1. The fraction of sp³-hybridized carbons (Fsp3) is 0.811. The molecule has 1 amide bonds. The molecule has 7 nitrogen and oxygen atoms in total. The molecular formula is C37H63NO6. The highest BCUT2D eigenvalue weighted by Gasteiger charge is 2.46. The lowest BCUT2D eigenvalue weighted by Crippen LogP contribution is -2.56. The van der Waals surface area contributed by atoms with Crippen LogP contribution >= 0.6 is 0 Å². The minimum absolute atomic E-state index is 0.0459. The summed E-state index contributed by atoms with van der Waals surface area (Å²) in [7, 11) is 0. The third-order valence-electron chi connectivity index (χ3n) is 10.9. The van der Waals surface area contributed by atoms with Gasteiger partial charge in [-0.3, -0.25) is 4.79 Å². The zero-order valence-corrected chi connectivity index (χ0v) is 28.9. The van der Waals surface area contributed by atoms with E-state index in [1.807, 2.05) is 6.07 Å². The number of aliphatic hydroxyl groups is 1. The molecule has 1 aromatic rings. The van der Waals surface area contributed by atoms with Crippen molar-refractivity contribution in [1.29, 1.82) is 0 Å². The fourth-order valence-electron chi connectivity index (χ4n) is 7.32. The predicted octanol–water partition coefficient (Wildman–Crippen LogP) is 7.25. The van der Waals surface area contributed by atoms with Crippen molar-refractivity contribution in [2.24, 2.45) is 29.6 Å². The molecule has 0 aliphatic carbocycles. The standard InChI is InChI=1S/C37H63NO6/c1-9-12-19-37(20-13-10-2,30-17-15-14-16-18-30)23-33(40)38-21-22-41-35-29(8)27(6)34(32(24-39)43-35)44-36-28(7)25(4)26(5)31(11-3)42-36/h14-18,25-29,31-32,34-36,39H,9-13,19-24H2,1-8H3,(H,38,40)/t25?,26-,27?,28-,29-,31?,32?,34-,35+,36+/m1/s1. The van der Waals surface area contributed by atoms with Gasteiger partial charge in [-0.15, -0.1) is 0 Å². The van der Waals surface area contributed by atoms with Crippen LogP contribution in [0.5, 0.6) is 0 Å². The number of carbonyl (C=O) groups excluding carboxylic acids is 1. The van der Waals surface area contributed by atoms with Crippen LogP contribution in [-0.2, 0) is 29.2 Å². The molecule has 0 bridgehead atoms. The van der Waals surface area contributed by atoms with Crippen LogP contribution in [0.1, 0.15) is 112 Å². The molecule has 7 heteroatoms. The van der Waals surface area contributed by atoms with Crippen molar-refractivity contribution in [2.75, 3.05) is 19.8 Å². The number of amides is 1. The molecule has 0 saturated carbocycles. The van der Waals surface area contributed by atoms with Gasteiger partial charge in [0.25, 0.3) is 0 Å². The third-order valence-corrected chi connectivity index (χ3v) is 10.9. The first-order chi connectivity index (χ1) is 21.1. The van der Waals surface area contributed by atoms with Gasteiger partial charge < -0.3 is 29.4 Å². The molecule has 2 saturated heterocycles. The van der Waals surface area contributed by atoms with Crippen LogP contribution in [0, 0.1) is 29.6 Å². The largest absolute Gasteiger partial charge is 0.394 e. The SMILES string of the molecule is CCCCC(CCCC)(CC(=O)NCCO[C@H]1OC(CO)[C@H](O[C@@H]2OC(CC)[C@H](C)C(C)[C@H]2C)C(C)[C@H]1C)c1ccccc1. The number of carbonyl (C=O) groups is 1. The quantitative estimate of drug-likeness (QED) is 0.179. The van der Waals surface area contributed by atoms with E-state index in [0.29, 0.717) is 31.4 Å². The van der Waals surface area contributed by atoms with Crippen LogP contribution in [0.3, 0.4) is 0 Å². The summed E-state index contributed by atoms with van der Waals surface area (Å²) in [6.45, 7) is 18.2. The van der Waals surface area contributed by atoms with Gasteiger partial charge in [-0.25, -0.2) is 0 Å². The Balaban J connectivity index is 1.56. The van der Waals surface area contributed by atoms with Crippen molar-refractivity contribution >= 4 is 5.91 Å². The summed E-state index contributed by atoms with van der Waals surface area (Å²) in [5, 5.41) is 13.4. The Labute approximate surface area is 268 Å². The van der Waals surface area contributed by atoms with Gasteiger partial charge in [-0.05, 0) is 42.6 Å². The number of benzene rings is 1. The summed E-state index contributed by atoms with van der Waals surface area (Å²) < 4.78 is 25.5. The van der Waals surface area contributed by atoms with Gasteiger partial charge in [-0.2, -0.15) is 0 Å². The number of hydrogen-bond acceptors (Lipinski definition) is 6. The van der Waals surface area contributed by atoms with Crippen LogP contribution in [-0.4, -0.2) is 61.7 Å². The molecule has 2 aliphatic rings. The van der Waals surface area contributed by atoms with Crippen LogP contribution in [0.2, 0.25) is 0 Å². The van der Waals surface area contributed by atoms with Crippen LogP contribution in [0.4, 0.5) is 0 Å². The second-order valence-electron chi connectivity index (χ2n) is 13.8. The van der Waals surface area contributed by atoms with E-state index in [4.69, 9.17) is 18.9 Å². The topological polar surface area (TPSA) is 86.3 Å². The van der Waals surface area contributed by atoms with Gasteiger partial charge in [0.2, 0.25) is 5.91 Å². The van der Waals surface area contributed by atoms with Crippen LogP contribution in [0.25, 0.3) is 0 Å². The highest BCUT2D eigenvalue weighted by atomic mass is 16.7. The van der Waals surface area contributed by atoms with Gasteiger partial charge in [0, 0.05) is 30.2 Å². The van der Waals surface area contributed by atoms with E-state index in [2.05, 4.69) is 85.0 Å². The van der Waals surface area contributed by atoms with Crippen molar-refractivity contribution in [3.05, 3.63) is 35.9 Å². The molecule has 2 fully saturated rings. The number of unbranched alkanes of at least 4 members (excludes halogenated alkanes) is 2. The minimum atomic E-state index is -0.505. The Kier molecular flexibility index (Phi) is 15.1. The molecule has 252 valence electrons. The fourth-order valence-corrected chi connectivity index (χ4v) is 7.32. The van der Waals surface area contributed by atoms with Gasteiger partial charge in [0.15, 0.2) is 12.6 Å². The molecule has 0 spiro atoms. The van der Waals surface area contributed by atoms with Crippen LogP contribution in [0.15, 0.2) is 30.3 Å². The van der Waals surface area contributed by atoms with Crippen molar-refractivity contribution in [3.63, 3.8) is 0 Å². The summed E-state index contributed by atoms with van der Waals surface area (Å²) in [5.74, 6) is 1.40. The first kappa shape index (κ1) is 37.0. The molecule has 10 atom stereocenters. The summed E-state index contributed by atoms with van der Waals surface area (Å²) in [6, 6.07) is 10.6. The number of hydrogen-bond donors (Lipinski definition) is 2. The summed E-state index contributed by atoms with van der Waals surface area (Å²) in [6.07, 6.45) is 6.43. The second-order valence-corrected chi connectivity index (χ2v) is 13.8. The Hall–Kier alpha value is -1.51. The van der Waals surface area contributed by atoms with Gasteiger partial charge in [-0.1, -0.05) is 111 Å². The van der Waals surface area contributed by atoms with E-state index in [-0.39, 0.29) is 54.2 Å². The molecule has 1 aromatic carbocycles. The number of rotatable bonds is 17. The first-order valence-corrected chi connectivity index (χ1v) is 17.6. The van der Waals surface area contributed by atoms with E-state index in [9.17, 15) is 9.90 Å². The molecule has 4 unspecified atom stereocenters. The molecule has 0 radical (unpaired) electrons. The van der Waals surface area contributed by atoms with E-state index in [0.717, 1.165) is 44.9 Å². The summed E-state index contributed by atoms with van der Waals surface area (Å²) in [4.78, 5) is 13.3. The van der Waals surface area contributed by atoms with Crippen LogP contribution < -0.4 is 5.32 Å². The van der Waals surface area contributed by atoms with E-state index in [1.165, 1.54) is 5.56 Å². The third kappa shape index (κ3) is 9.28. The Morgan fingerprint density at radius 3 is 2.05 bits per heavy atom. The lowest BCUT2D eigenvalue weighted by molar-refractivity contribution is -0.326. The first-order valence-electron chi connectivity index (χ1n) is 17.6. The number of nitrogens with one attached hydrogen (secondary N) is 1. The maximum absolute atomic E-state index is 13.3. The smallest absolute Gasteiger partial charge is 0.220 e. The maximum Gasteiger partial charge on any atom is 0.220 e. The zero-order valence-electron chi connectivity index (χ0n) is 28.9. The van der Waals surface area contributed by atoms with Gasteiger partial charge in [0.05, 0.1) is 25.4 Å². The molecule has 2 heterocycles. The van der Waals surface area contributed by atoms with Gasteiger partial charge >= 0.3 is 0 Å². The molecule has 2 aliphatic heterocycles. The Morgan fingerprint density at radius 1 is 0.841 bits per heavy atom. The number of ether oxygens (including phenoxy) is 4. The van der Waals surface area contributed by atoms with Crippen molar-refractivity contribution in [2.45, 2.75) is 143 Å². The van der Waals surface area contributed by atoms with E-state index >= 15 is 0 Å². The highest BCUT2D eigenvalue weighted by molar-refractivity contribution is 5.77. The zero-order chi connectivity index (χ0) is 32.3. The van der Waals surface area contributed by atoms with Crippen molar-refractivity contribution < 1.29 is 28.8 Å². The maximum atomic E-state index is 13.3. The monoisotopic (exact) mass is 617 g/mol. The normalized spacial score (nSPS) is 32.8. The summed E-state index contributed by atoms with van der Waals surface area (Å²) >= 11 is 0. The Bertz CT molecular complexity index is 947. The highest BCUT2D eigenvalue weighted by Crippen LogP contribution is 2.41. The average Bonchev–Trinajstić information content (AvgIpc) is 3.04. The average molecular weight is 618 g/mol. The molecule has 3 rings (SSSR count). The molecular weight excluding hydrogens is 554 g/mol. The molecule has 44 heavy (non-hydrogen) atoms.